The Morgan fingerprint density at radius 1 is 1.32 bits per heavy atom. The van der Waals surface area contributed by atoms with E-state index in [9.17, 15) is 13.6 Å². The van der Waals surface area contributed by atoms with Crippen LogP contribution < -0.4 is 15.8 Å². The molecule has 0 saturated heterocycles. The van der Waals surface area contributed by atoms with Crippen molar-refractivity contribution in [3.63, 3.8) is 0 Å². The van der Waals surface area contributed by atoms with E-state index in [1.807, 2.05) is 6.92 Å². The van der Waals surface area contributed by atoms with E-state index in [1.165, 1.54) is 12.1 Å². The summed E-state index contributed by atoms with van der Waals surface area (Å²) in [4.78, 5) is 11.5. The quantitative estimate of drug-likeness (QED) is 0.834. The van der Waals surface area contributed by atoms with Gasteiger partial charge in [-0.3, -0.25) is 4.79 Å². The Bertz CT molecular complexity index is 408. The minimum Gasteiger partial charge on any atom is -0.435 e. The van der Waals surface area contributed by atoms with Crippen LogP contribution >= 0.6 is 0 Å². The predicted molar refractivity (Wildman–Crippen MR) is 67.9 cm³/mol. The Morgan fingerprint density at radius 2 is 1.89 bits per heavy atom. The lowest BCUT2D eigenvalue weighted by molar-refractivity contribution is -0.122. The standard InChI is InChI=1S/C13H18F2N2O2/c1-8(16)7-12(18)17-9(2)10-3-5-11(6-4-10)19-13(14)15/h3-6,8-9,13H,7,16H2,1-2H3,(H,17,18). The van der Waals surface area contributed by atoms with Crippen LogP contribution in [0.5, 0.6) is 5.75 Å². The lowest BCUT2D eigenvalue weighted by Crippen LogP contribution is -2.31. The van der Waals surface area contributed by atoms with E-state index in [4.69, 9.17) is 5.73 Å². The summed E-state index contributed by atoms with van der Waals surface area (Å²) in [6.45, 7) is 0.719. The highest BCUT2D eigenvalue weighted by Gasteiger charge is 2.11. The first-order valence-corrected chi connectivity index (χ1v) is 5.98. The summed E-state index contributed by atoms with van der Waals surface area (Å²) in [6, 6.07) is 5.73. The van der Waals surface area contributed by atoms with E-state index in [1.54, 1.807) is 19.1 Å². The van der Waals surface area contributed by atoms with E-state index in [2.05, 4.69) is 10.1 Å². The zero-order valence-electron chi connectivity index (χ0n) is 10.9. The summed E-state index contributed by atoms with van der Waals surface area (Å²) in [7, 11) is 0. The minimum absolute atomic E-state index is 0.0906. The molecule has 0 heterocycles. The number of carbonyl (C=O) groups excluding carboxylic acids is 1. The molecule has 0 aliphatic carbocycles. The van der Waals surface area contributed by atoms with Crippen LogP contribution in [-0.2, 0) is 4.79 Å². The number of benzene rings is 1. The van der Waals surface area contributed by atoms with Gasteiger partial charge in [-0.1, -0.05) is 12.1 Å². The summed E-state index contributed by atoms with van der Waals surface area (Å²) in [5.41, 5.74) is 6.33. The number of nitrogens with one attached hydrogen (secondary N) is 1. The number of hydrogen-bond acceptors (Lipinski definition) is 3. The maximum absolute atomic E-state index is 12.0. The number of halogens is 2. The third kappa shape index (κ3) is 5.65. The fourth-order valence-corrected chi connectivity index (χ4v) is 1.61. The molecule has 0 aromatic heterocycles. The van der Waals surface area contributed by atoms with Crippen LogP contribution in [0.1, 0.15) is 31.9 Å². The van der Waals surface area contributed by atoms with Crippen LogP contribution in [-0.4, -0.2) is 18.6 Å². The second kappa shape index (κ2) is 7.04. The Labute approximate surface area is 110 Å². The first kappa shape index (κ1) is 15.4. The molecule has 0 aliphatic heterocycles. The fraction of sp³-hybridized carbons (Fsp3) is 0.462. The average Bonchev–Trinajstić information content (AvgIpc) is 2.27. The van der Waals surface area contributed by atoms with Crippen molar-refractivity contribution in [3.8, 4) is 5.75 Å². The van der Waals surface area contributed by atoms with Crippen molar-refractivity contribution in [2.45, 2.75) is 39.0 Å². The zero-order valence-corrected chi connectivity index (χ0v) is 10.9. The van der Waals surface area contributed by atoms with Crippen molar-refractivity contribution in [2.24, 2.45) is 5.73 Å². The molecule has 1 aromatic rings. The van der Waals surface area contributed by atoms with Gasteiger partial charge in [-0.15, -0.1) is 0 Å². The molecule has 1 amide bonds. The fourth-order valence-electron chi connectivity index (χ4n) is 1.61. The molecule has 4 nitrogen and oxygen atoms in total. The maximum atomic E-state index is 12.0. The van der Waals surface area contributed by atoms with E-state index in [0.29, 0.717) is 0 Å². The molecular weight excluding hydrogens is 254 g/mol. The molecule has 0 spiro atoms. The molecule has 0 saturated carbocycles. The Morgan fingerprint density at radius 3 is 2.37 bits per heavy atom. The van der Waals surface area contributed by atoms with Crippen molar-refractivity contribution in [2.75, 3.05) is 0 Å². The van der Waals surface area contributed by atoms with E-state index in [0.717, 1.165) is 5.56 Å². The van der Waals surface area contributed by atoms with Crippen LogP contribution in [0.25, 0.3) is 0 Å². The molecule has 106 valence electrons. The number of amides is 1. The Hall–Kier alpha value is -1.69. The summed E-state index contributed by atoms with van der Waals surface area (Å²) in [5, 5.41) is 2.78. The molecule has 0 radical (unpaired) electrons. The van der Waals surface area contributed by atoms with Gasteiger partial charge in [0.15, 0.2) is 0 Å². The molecule has 1 rings (SSSR count). The van der Waals surface area contributed by atoms with Gasteiger partial charge in [0.1, 0.15) is 5.75 Å². The molecule has 2 atom stereocenters. The zero-order chi connectivity index (χ0) is 14.4. The van der Waals surface area contributed by atoms with E-state index in [-0.39, 0.29) is 30.2 Å². The summed E-state index contributed by atoms with van der Waals surface area (Å²) in [5.74, 6) is -0.0525. The van der Waals surface area contributed by atoms with Crippen LogP contribution in [0.3, 0.4) is 0 Å². The number of ether oxygens (including phenoxy) is 1. The largest absolute Gasteiger partial charge is 0.435 e. The third-order valence-electron chi connectivity index (χ3n) is 2.49. The van der Waals surface area contributed by atoms with Crippen LogP contribution in [0.15, 0.2) is 24.3 Å². The summed E-state index contributed by atoms with van der Waals surface area (Å²) >= 11 is 0. The lowest BCUT2D eigenvalue weighted by Gasteiger charge is -2.15. The normalized spacial score (nSPS) is 14.0. The third-order valence-corrected chi connectivity index (χ3v) is 2.49. The van der Waals surface area contributed by atoms with Gasteiger partial charge in [0.05, 0.1) is 6.04 Å². The van der Waals surface area contributed by atoms with Gasteiger partial charge in [-0.05, 0) is 31.5 Å². The molecule has 19 heavy (non-hydrogen) atoms. The second-order valence-electron chi connectivity index (χ2n) is 4.42. The highest BCUT2D eigenvalue weighted by Crippen LogP contribution is 2.19. The van der Waals surface area contributed by atoms with Crippen molar-refractivity contribution >= 4 is 5.91 Å². The monoisotopic (exact) mass is 272 g/mol. The SMILES string of the molecule is CC(N)CC(=O)NC(C)c1ccc(OC(F)F)cc1. The van der Waals surface area contributed by atoms with Crippen LogP contribution in [0.2, 0.25) is 0 Å². The van der Waals surface area contributed by atoms with Gasteiger partial charge in [0.2, 0.25) is 5.91 Å². The van der Waals surface area contributed by atoms with Crippen molar-refractivity contribution in [1.82, 2.24) is 5.32 Å². The number of hydrogen-bond donors (Lipinski definition) is 2. The summed E-state index contributed by atoms with van der Waals surface area (Å²) < 4.78 is 28.2. The predicted octanol–water partition coefficient (Wildman–Crippen LogP) is 2.20. The average molecular weight is 272 g/mol. The van der Waals surface area contributed by atoms with E-state index < -0.39 is 6.61 Å². The van der Waals surface area contributed by atoms with Gasteiger partial charge >= 0.3 is 6.61 Å². The molecule has 0 aliphatic rings. The molecule has 0 fully saturated rings. The molecule has 2 unspecified atom stereocenters. The second-order valence-corrected chi connectivity index (χ2v) is 4.42. The molecular formula is C13H18F2N2O2. The Balaban J connectivity index is 2.57. The topological polar surface area (TPSA) is 64.4 Å². The number of carbonyl (C=O) groups is 1. The minimum atomic E-state index is -2.84. The van der Waals surface area contributed by atoms with Gasteiger partial charge in [-0.2, -0.15) is 8.78 Å². The number of nitrogens with two attached hydrogens (primary N) is 1. The van der Waals surface area contributed by atoms with Gasteiger partial charge in [0.25, 0.3) is 0 Å². The molecule has 0 bridgehead atoms. The number of alkyl halides is 2. The van der Waals surface area contributed by atoms with Crippen molar-refractivity contribution < 1.29 is 18.3 Å². The van der Waals surface area contributed by atoms with Gasteiger partial charge in [0, 0.05) is 12.5 Å². The smallest absolute Gasteiger partial charge is 0.387 e. The van der Waals surface area contributed by atoms with Gasteiger partial charge in [-0.25, -0.2) is 0 Å². The highest BCUT2D eigenvalue weighted by molar-refractivity contribution is 5.76. The Kier molecular flexibility index (Phi) is 5.69. The first-order chi connectivity index (χ1) is 8.88. The maximum Gasteiger partial charge on any atom is 0.387 e. The van der Waals surface area contributed by atoms with Gasteiger partial charge < -0.3 is 15.8 Å². The number of rotatable bonds is 6. The van der Waals surface area contributed by atoms with Crippen LogP contribution in [0.4, 0.5) is 8.78 Å². The molecule has 3 N–H and O–H groups in total. The van der Waals surface area contributed by atoms with Crippen LogP contribution in [0, 0.1) is 0 Å². The van der Waals surface area contributed by atoms with Crippen molar-refractivity contribution in [1.29, 1.82) is 0 Å². The van der Waals surface area contributed by atoms with E-state index >= 15 is 0 Å². The summed E-state index contributed by atoms with van der Waals surface area (Å²) in [6.07, 6.45) is 0.247. The molecule has 6 heteroatoms. The first-order valence-electron chi connectivity index (χ1n) is 5.98. The highest BCUT2D eigenvalue weighted by atomic mass is 19.3. The van der Waals surface area contributed by atoms with Crippen molar-refractivity contribution in [3.05, 3.63) is 29.8 Å². The lowest BCUT2D eigenvalue weighted by atomic mass is 10.1. The molecule has 1 aromatic carbocycles.